The average molecular weight is 343 g/mol. The van der Waals surface area contributed by atoms with Gasteiger partial charge in [-0.1, -0.05) is 6.92 Å². The minimum Gasteiger partial charge on any atom is -0.467 e. The van der Waals surface area contributed by atoms with E-state index in [0.717, 1.165) is 24.7 Å². The number of hydrogen-bond acceptors (Lipinski definition) is 4. The summed E-state index contributed by atoms with van der Waals surface area (Å²) in [6.07, 6.45) is 3.08. The Hall–Kier alpha value is -2.47. The minimum absolute atomic E-state index is 0.0867. The predicted molar refractivity (Wildman–Crippen MR) is 97.7 cm³/mol. The highest BCUT2D eigenvalue weighted by molar-refractivity contribution is 5.89. The lowest BCUT2D eigenvalue weighted by atomic mass is 9.99. The molecular weight excluding hydrogens is 318 g/mol. The lowest BCUT2D eigenvalue weighted by molar-refractivity contribution is 0.149. The summed E-state index contributed by atoms with van der Waals surface area (Å²) < 4.78 is 5.10. The molecule has 6 nitrogen and oxygen atoms in total. The first-order valence-corrected chi connectivity index (χ1v) is 8.73. The molecule has 25 heavy (non-hydrogen) atoms. The van der Waals surface area contributed by atoms with Crippen molar-refractivity contribution in [1.82, 2.24) is 5.32 Å². The topological polar surface area (TPSA) is 77.7 Å². The van der Waals surface area contributed by atoms with Crippen molar-refractivity contribution in [2.24, 2.45) is 5.92 Å². The van der Waals surface area contributed by atoms with Crippen molar-refractivity contribution < 1.29 is 14.3 Å². The van der Waals surface area contributed by atoms with Crippen molar-refractivity contribution in [2.75, 3.05) is 29.9 Å². The number of piperidine rings is 1. The van der Waals surface area contributed by atoms with Crippen LogP contribution < -0.4 is 15.5 Å². The Morgan fingerprint density at radius 2 is 2.00 bits per heavy atom. The van der Waals surface area contributed by atoms with Crippen molar-refractivity contribution in [3.63, 3.8) is 0 Å². The first kappa shape index (κ1) is 17.4. The second kappa shape index (κ2) is 8.07. The summed E-state index contributed by atoms with van der Waals surface area (Å²) in [6.45, 7) is 4.55. The van der Waals surface area contributed by atoms with Gasteiger partial charge in [0.1, 0.15) is 11.9 Å². The molecular formula is C19H25N3O3. The van der Waals surface area contributed by atoms with Crippen LogP contribution in [0.15, 0.2) is 47.1 Å². The van der Waals surface area contributed by atoms with Gasteiger partial charge in [-0.05, 0) is 55.2 Å². The highest BCUT2D eigenvalue weighted by Crippen LogP contribution is 2.24. The molecule has 1 aliphatic heterocycles. The number of urea groups is 1. The number of benzene rings is 1. The molecule has 2 heterocycles. The largest absolute Gasteiger partial charge is 0.467 e. The number of aliphatic hydroxyl groups is 1. The Balaban J connectivity index is 1.47. The molecule has 3 rings (SSSR count). The Bertz CT molecular complexity index is 662. The number of nitrogens with one attached hydrogen (secondary N) is 2. The molecule has 0 bridgehead atoms. The number of carbonyl (C=O) groups is 1. The number of nitrogens with zero attached hydrogens (tertiary/aromatic N) is 1. The van der Waals surface area contributed by atoms with E-state index in [9.17, 15) is 9.90 Å². The molecule has 134 valence electrons. The summed E-state index contributed by atoms with van der Waals surface area (Å²) in [5.41, 5.74) is 1.91. The molecule has 3 N–H and O–H groups in total. The van der Waals surface area contributed by atoms with Crippen molar-refractivity contribution in [2.45, 2.75) is 25.9 Å². The van der Waals surface area contributed by atoms with Gasteiger partial charge in [-0.25, -0.2) is 4.79 Å². The van der Waals surface area contributed by atoms with Gasteiger partial charge in [0.05, 0.1) is 12.8 Å². The van der Waals surface area contributed by atoms with Crippen molar-refractivity contribution in [3.05, 3.63) is 48.4 Å². The first-order valence-electron chi connectivity index (χ1n) is 8.73. The maximum atomic E-state index is 11.9. The molecule has 1 aromatic carbocycles. The van der Waals surface area contributed by atoms with Crippen molar-refractivity contribution in [1.29, 1.82) is 0 Å². The number of amides is 2. The third kappa shape index (κ3) is 4.76. The van der Waals surface area contributed by atoms with Crippen LogP contribution in [-0.4, -0.2) is 30.8 Å². The molecule has 1 fully saturated rings. The van der Waals surface area contributed by atoms with Gasteiger partial charge in [-0.2, -0.15) is 0 Å². The number of hydrogen-bond donors (Lipinski definition) is 3. The fraction of sp³-hybridized carbons (Fsp3) is 0.421. The zero-order chi connectivity index (χ0) is 17.6. The van der Waals surface area contributed by atoms with Gasteiger partial charge in [0.25, 0.3) is 0 Å². The summed E-state index contributed by atoms with van der Waals surface area (Å²) >= 11 is 0. The van der Waals surface area contributed by atoms with E-state index in [1.54, 1.807) is 12.1 Å². The molecule has 1 aromatic heterocycles. The normalized spacial score (nSPS) is 16.5. The smallest absolute Gasteiger partial charge is 0.319 e. The van der Waals surface area contributed by atoms with Crippen LogP contribution in [-0.2, 0) is 0 Å². The van der Waals surface area contributed by atoms with Crippen LogP contribution in [0.3, 0.4) is 0 Å². The Morgan fingerprint density at radius 3 is 2.64 bits per heavy atom. The highest BCUT2D eigenvalue weighted by atomic mass is 16.4. The minimum atomic E-state index is -0.857. The van der Waals surface area contributed by atoms with E-state index in [1.807, 2.05) is 24.3 Å². The molecule has 2 aromatic rings. The Kier molecular flexibility index (Phi) is 5.60. The van der Waals surface area contributed by atoms with E-state index < -0.39 is 6.10 Å². The van der Waals surface area contributed by atoms with E-state index in [1.165, 1.54) is 24.8 Å². The molecule has 1 saturated heterocycles. The predicted octanol–water partition coefficient (Wildman–Crippen LogP) is 3.37. The summed E-state index contributed by atoms with van der Waals surface area (Å²) in [5, 5.41) is 15.3. The molecule has 1 unspecified atom stereocenters. The summed E-state index contributed by atoms with van der Waals surface area (Å²) in [7, 11) is 0. The van der Waals surface area contributed by atoms with Gasteiger partial charge >= 0.3 is 6.03 Å². The van der Waals surface area contributed by atoms with Crippen LogP contribution in [0.5, 0.6) is 0 Å². The molecule has 1 aliphatic rings. The summed E-state index contributed by atoms with van der Waals surface area (Å²) in [5.74, 6) is 1.23. The van der Waals surface area contributed by atoms with Crippen molar-refractivity contribution in [3.8, 4) is 0 Å². The molecule has 1 atom stereocenters. The second-order valence-corrected chi connectivity index (χ2v) is 6.58. The van der Waals surface area contributed by atoms with Gasteiger partial charge in [-0.3, -0.25) is 0 Å². The fourth-order valence-electron chi connectivity index (χ4n) is 2.97. The van der Waals surface area contributed by atoms with Crippen LogP contribution in [0, 0.1) is 5.92 Å². The number of rotatable bonds is 5. The molecule has 0 spiro atoms. The molecule has 2 amide bonds. The first-order chi connectivity index (χ1) is 12.1. The molecule has 0 radical (unpaired) electrons. The third-order valence-electron chi connectivity index (χ3n) is 4.60. The third-order valence-corrected chi connectivity index (χ3v) is 4.60. The monoisotopic (exact) mass is 343 g/mol. The number of carbonyl (C=O) groups excluding carboxylic acids is 1. The maximum absolute atomic E-state index is 11.9. The highest BCUT2D eigenvalue weighted by Gasteiger charge is 2.16. The Morgan fingerprint density at radius 1 is 1.28 bits per heavy atom. The van der Waals surface area contributed by atoms with Crippen LogP contribution in [0.2, 0.25) is 0 Å². The van der Waals surface area contributed by atoms with Crippen LogP contribution >= 0.6 is 0 Å². The maximum Gasteiger partial charge on any atom is 0.319 e. The average Bonchev–Trinajstić information content (AvgIpc) is 3.16. The van der Waals surface area contributed by atoms with Crippen LogP contribution in [0.4, 0.5) is 16.2 Å². The van der Waals surface area contributed by atoms with E-state index in [2.05, 4.69) is 22.5 Å². The lowest BCUT2D eigenvalue weighted by Crippen LogP contribution is -2.33. The molecule has 0 aliphatic carbocycles. The van der Waals surface area contributed by atoms with Gasteiger partial charge in [0, 0.05) is 24.5 Å². The second-order valence-electron chi connectivity index (χ2n) is 6.58. The lowest BCUT2D eigenvalue weighted by Gasteiger charge is -2.32. The molecule has 0 saturated carbocycles. The number of furan rings is 1. The molecule has 6 heteroatoms. The van der Waals surface area contributed by atoms with Crippen LogP contribution in [0.25, 0.3) is 0 Å². The summed E-state index contributed by atoms with van der Waals surface area (Å²) in [6, 6.07) is 10.9. The summed E-state index contributed by atoms with van der Waals surface area (Å²) in [4.78, 5) is 14.3. The zero-order valence-electron chi connectivity index (χ0n) is 14.4. The van der Waals surface area contributed by atoms with Crippen LogP contribution in [0.1, 0.15) is 31.6 Å². The van der Waals surface area contributed by atoms with Gasteiger partial charge < -0.3 is 25.1 Å². The number of aliphatic hydroxyl groups excluding tert-OH is 1. The SMILES string of the molecule is CC1CCN(c2ccc(NC(=O)NCC(O)c3ccco3)cc2)CC1. The Labute approximate surface area is 147 Å². The van der Waals surface area contributed by atoms with E-state index in [-0.39, 0.29) is 12.6 Å². The van der Waals surface area contributed by atoms with Gasteiger partial charge in [-0.15, -0.1) is 0 Å². The van der Waals surface area contributed by atoms with Gasteiger partial charge in [0.2, 0.25) is 0 Å². The van der Waals surface area contributed by atoms with Crippen molar-refractivity contribution >= 4 is 17.4 Å². The zero-order valence-corrected chi connectivity index (χ0v) is 14.4. The van der Waals surface area contributed by atoms with E-state index >= 15 is 0 Å². The van der Waals surface area contributed by atoms with Gasteiger partial charge in [0.15, 0.2) is 0 Å². The number of anilines is 2. The standard InChI is InChI=1S/C19H25N3O3/c1-14-8-10-22(11-9-14)16-6-4-15(5-7-16)21-19(24)20-13-17(23)18-3-2-12-25-18/h2-7,12,14,17,23H,8-11,13H2,1H3,(H2,20,21,24). The quantitative estimate of drug-likeness (QED) is 0.778. The van der Waals surface area contributed by atoms with E-state index in [4.69, 9.17) is 4.42 Å². The fourth-order valence-corrected chi connectivity index (χ4v) is 2.97. The van der Waals surface area contributed by atoms with E-state index in [0.29, 0.717) is 5.76 Å².